The van der Waals surface area contributed by atoms with Gasteiger partial charge in [0.05, 0.1) is 6.61 Å². The number of rotatable bonds is 7. The van der Waals surface area contributed by atoms with E-state index in [0.717, 1.165) is 6.42 Å². The highest BCUT2D eigenvalue weighted by atomic mass is 16.5. The monoisotopic (exact) mass is 242 g/mol. The molecule has 0 fully saturated rings. The Morgan fingerprint density at radius 3 is 2.41 bits per heavy atom. The van der Waals surface area contributed by atoms with Crippen LogP contribution >= 0.6 is 0 Å². The molecule has 0 aromatic carbocycles. The molecule has 0 bridgehead atoms. The number of hydrogen-bond donors (Lipinski definition) is 2. The summed E-state index contributed by atoms with van der Waals surface area (Å²) in [6, 6.07) is -0.0997. The van der Waals surface area contributed by atoms with Crippen molar-refractivity contribution in [2.45, 2.75) is 52.6 Å². The highest BCUT2D eigenvalue weighted by Crippen LogP contribution is 2.05. The lowest BCUT2D eigenvalue weighted by molar-refractivity contribution is -0.140. The first kappa shape index (κ1) is 16.1. The number of ether oxygens (including phenoxy) is 1. The van der Waals surface area contributed by atoms with E-state index >= 15 is 0 Å². The van der Waals surface area contributed by atoms with Crippen LogP contribution in [0.2, 0.25) is 0 Å². The van der Waals surface area contributed by atoms with Crippen molar-refractivity contribution in [2.75, 3.05) is 6.61 Å². The van der Waals surface area contributed by atoms with Gasteiger partial charge in [-0.25, -0.2) is 4.79 Å². The minimum atomic E-state index is -0.292. The predicted molar refractivity (Wildman–Crippen MR) is 70.4 cm³/mol. The van der Waals surface area contributed by atoms with Crippen LogP contribution in [0, 0.1) is 5.92 Å². The van der Waals surface area contributed by atoms with Gasteiger partial charge in [0, 0.05) is 17.7 Å². The van der Waals surface area contributed by atoms with Crippen molar-refractivity contribution < 1.29 is 9.53 Å². The first-order chi connectivity index (χ1) is 7.86. The van der Waals surface area contributed by atoms with Gasteiger partial charge >= 0.3 is 5.97 Å². The Kier molecular flexibility index (Phi) is 7.83. The Morgan fingerprint density at radius 1 is 1.35 bits per heavy atom. The van der Waals surface area contributed by atoms with Crippen LogP contribution in [0.4, 0.5) is 0 Å². The summed E-state index contributed by atoms with van der Waals surface area (Å²) in [5.41, 5.74) is 12.2. The zero-order valence-electron chi connectivity index (χ0n) is 11.4. The Morgan fingerprint density at radius 2 is 1.94 bits per heavy atom. The van der Waals surface area contributed by atoms with Crippen molar-refractivity contribution in [3.8, 4) is 0 Å². The molecule has 4 heteroatoms. The maximum absolute atomic E-state index is 11.6. The summed E-state index contributed by atoms with van der Waals surface area (Å²) in [6.45, 7) is 8.18. The first-order valence-corrected chi connectivity index (χ1v) is 6.23. The number of esters is 1. The van der Waals surface area contributed by atoms with Gasteiger partial charge in [-0.1, -0.05) is 26.8 Å². The van der Waals surface area contributed by atoms with Crippen LogP contribution in [-0.4, -0.2) is 24.7 Å². The lowest BCUT2D eigenvalue weighted by Crippen LogP contribution is -2.30. The van der Waals surface area contributed by atoms with E-state index in [2.05, 4.69) is 0 Å². The summed E-state index contributed by atoms with van der Waals surface area (Å²) in [5.74, 6) is 0.0492. The molecule has 0 unspecified atom stereocenters. The van der Waals surface area contributed by atoms with Crippen LogP contribution in [0.3, 0.4) is 0 Å². The van der Waals surface area contributed by atoms with Gasteiger partial charge in [0.15, 0.2) is 0 Å². The molecule has 4 nitrogen and oxygen atoms in total. The molecule has 0 heterocycles. The molecule has 0 aromatic rings. The average Bonchev–Trinajstić information content (AvgIpc) is 2.25. The van der Waals surface area contributed by atoms with Crippen molar-refractivity contribution in [3.63, 3.8) is 0 Å². The second-order valence-corrected chi connectivity index (χ2v) is 4.91. The Labute approximate surface area is 104 Å². The van der Waals surface area contributed by atoms with Crippen LogP contribution < -0.4 is 11.5 Å². The summed E-state index contributed by atoms with van der Waals surface area (Å²) in [7, 11) is 0. The highest BCUT2D eigenvalue weighted by Gasteiger charge is 2.10. The number of carbonyl (C=O) groups is 1. The molecular formula is C13H26N2O2. The third-order valence-corrected chi connectivity index (χ3v) is 2.43. The smallest absolute Gasteiger partial charge is 0.333 e. The molecular weight excluding hydrogens is 216 g/mol. The second-order valence-electron chi connectivity index (χ2n) is 4.91. The van der Waals surface area contributed by atoms with E-state index in [9.17, 15) is 4.79 Å². The summed E-state index contributed by atoms with van der Waals surface area (Å²) < 4.78 is 5.10. The summed E-state index contributed by atoms with van der Waals surface area (Å²) in [5, 5.41) is 0. The molecule has 100 valence electrons. The summed E-state index contributed by atoms with van der Waals surface area (Å²) >= 11 is 0. The Bertz CT molecular complexity index is 262. The number of nitrogens with two attached hydrogens (primary N) is 2. The standard InChI is InChI=1S/C13H26N2O2/c1-5-11(14)7-12(15)6-10(4)13(16)17-8-9(2)3/h6,9,11-12H,5,7-8,14-15H2,1-4H3/b10-6+/t11-,12+/m1/s1. The van der Waals surface area contributed by atoms with Crippen LogP contribution in [0.25, 0.3) is 0 Å². The van der Waals surface area contributed by atoms with E-state index in [0.29, 0.717) is 24.5 Å². The lowest BCUT2D eigenvalue weighted by Gasteiger charge is -2.13. The van der Waals surface area contributed by atoms with E-state index in [1.54, 1.807) is 13.0 Å². The minimum absolute atomic E-state index is 0.0840. The van der Waals surface area contributed by atoms with Crippen molar-refractivity contribution >= 4 is 5.97 Å². The normalized spacial score (nSPS) is 15.8. The quantitative estimate of drug-likeness (QED) is 0.525. The SMILES string of the molecule is CC[C@@H](N)C[C@@H](N)/C=C(\C)C(=O)OCC(C)C. The summed E-state index contributed by atoms with van der Waals surface area (Å²) in [6.07, 6.45) is 3.31. The Hall–Kier alpha value is -0.870. The fourth-order valence-corrected chi connectivity index (χ4v) is 1.33. The second kappa shape index (κ2) is 8.25. The number of carbonyl (C=O) groups excluding carboxylic acids is 1. The van der Waals surface area contributed by atoms with Crippen LogP contribution in [0.15, 0.2) is 11.6 Å². The molecule has 0 saturated heterocycles. The van der Waals surface area contributed by atoms with Crippen molar-refractivity contribution in [1.82, 2.24) is 0 Å². The third-order valence-electron chi connectivity index (χ3n) is 2.43. The van der Waals surface area contributed by atoms with E-state index in [4.69, 9.17) is 16.2 Å². The molecule has 0 aliphatic rings. The molecule has 0 saturated carbocycles. The molecule has 0 rings (SSSR count). The van der Waals surface area contributed by atoms with Gasteiger partial charge in [-0.05, 0) is 25.7 Å². The molecule has 0 aromatic heterocycles. The van der Waals surface area contributed by atoms with Gasteiger partial charge in [-0.2, -0.15) is 0 Å². The van der Waals surface area contributed by atoms with Crippen molar-refractivity contribution in [2.24, 2.45) is 17.4 Å². The molecule has 0 aliphatic carbocycles. The molecule has 0 aliphatic heterocycles. The fraction of sp³-hybridized carbons (Fsp3) is 0.769. The fourth-order valence-electron chi connectivity index (χ4n) is 1.33. The van der Waals surface area contributed by atoms with Crippen LogP contribution in [0.5, 0.6) is 0 Å². The Balaban J connectivity index is 4.18. The average molecular weight is 242 g/mol. The molecule has 0 radical (unpaired) electrons. The maximum Gasteiger partial charge on any atom is 0.333 e. The first-order valence-electron chi connectivity index (χ1n) is 6.23. The van der Waals surface area contributed by atoms with E-state index in [1.807, 2.05) is 20.8 Å². The van der Waals surface area contributed by atoms with Gasteiger partial charge in [-0.3, -0.25) is 0 Å². The predicted octanol–water partition coefficient (Wildman–Crippen LogP) is 1.59. The summed E-state index contributed by atoms with van der Waals surface area (Å²) in [4.78, 5) is 11.6. The zero-order valence-corrected chi connectivity index (χ0v) is 11.4. The highest BCUT2D eigenvalue weighted by molar-refractivity contribution is 5.87. The molecule has 2 atom stereocenters. The zero-order chi connectivity index (χ0) is 13.4. The largest absolute Gasteiger partial charge is 0.462 e. The number of hydrogen-bond acceptors (Lipinski definition) is 4. The minimum Gasteiger partial charge on any atom is -0.462 e. The van der Waals surface area contributed by atoms with Gasteiger partial charge in [0.2, 0.25) is 0 Å². The van der Waals surface area contributed by atoms with Crippen LogP contribution in [0.1, 0.15) is 40.5 Å². The molecule has 17 heavy (non-hydrogen) atoms. The lowest BCUT2D eigenvalue weighted by atomic mass is 10.0. The van der Waals surface area contributed by atoms with E-state index in [-0.39, 0.29) is 18.1 Å². The van der Waals surface area contributed by atoms with E-state index < -0.39 is 0 Å². The van der Waals surface area contributed by atoms with Crippen LogP contribution in [-0.2, 0) is 9.53 Å². The van der Waals surface area contributed by atoms with Gasteiger partial charge < -0.3 is 16.2 Å². The van der Waals surface area contributed by atoms with Gasteiger partial charge in [0.1, 0.15) is 0 Å². The maximum atomic E-state index is 11.6. The molecule has 0 spiro atoms. The topological polar surface area (TPSA) is 78.3 Å². The van der Waals surface area contributed by atoms with Crippen molar-refractivity contribution in [1.29, 1.82) is 0 Å². The van der Waals surface area contributed by atoms with Gasteiger partial charge in [0.25, 0.3) is 0 Å². The molecule has 0 amide bonds. The molecule has 4 N–H and O–H groups in total. The van der Waals surface area contributed by atoms with Crippen molar-refractivity contribution in [3.05, 3.63) is 11.6 Å². The third kappa shape index (κ3) is 7.94. The van der Waals surface area contributed by atoms with E-state index in [1.165, 1.54) is 0 Å². The van der Waals surface area contributed by atoms with Gasteiger partial charge in [-0.15, -0.1) is 0 Å².